The first-order valence-electron chi connectivity index (χ1n) is 12.4. The van der Waals surface area contributed by atoms with Crippen molar-refractivity contribution in [2.75, 3.05) is 31.2 Å². The molecular formula is C25H33ClN6O3S2. The summed E-state index contributed by atoms with van der Waals surface area (Å²) in [6.45, 7) is 6.88. The fourth-order valence-electron chi connectivity index (χ4n) is 5.59. The van der Waals surface area contributed by atoms with Gasteiger partial charge in [-0.2, -0.15) is 5.10 Å². The summed E-state index contributed by atoms with van der Waals surface area (Å²) in [7, 11) is 2.23. The van der Waals surface area contributed by atoms with Crippen LogP contribution in [0.25, 0.3) is 10.9 Å². The number of halogens is 1. The second-order valence-electron chi connectivity index (χ2n) is 10.8. The predicted octanol–water partition coefficient (Wildman–Crippen LogP) is 3.50. The molecule has 0 radical (unpaired) electrons. The van der Waals surface area contributed by atoms with E-state index >= 15 is 0 Å². The number of nitrogens with two attached hydrogens (primary N) is 1. The predicted molar refractivity (Wildman–Crippen MR) is 149 cm³/mol. The molecule has 2 fully saturated rings. The first kappa shape index (κ1) is 26.7. The lowest BCUT2D eigenvalue weighted by atomic mass is 9.68. The molecule has 2 atom stereocenters. The third-order valence-electron chi connectivity index (χ3n) is 7.93. The van der Waals surface area contributed by atoms with E-state index in [1.54, 1.807) is 22.5 Å². The van der Waals surface area contributed by atoms with Crippen LogP contribution < -0.4 is 15.6 Å². The van der Waals surface area contributed by atoms with Crippen molar-refractivity contribution in [1.82, 2.24) is 19.3 Å². The van der Waals surface area contributed by atoms with Crippen molar-refractivity contribution in [3.63, 3.8) is 0 Å². The SMILES string of the molecule is Cn1cc2c(Cl)c(Sc3cnc(N4CCC5(CC4)COC[C@H]5CC(C)(C)S(N)=O)n(C)c3=O)ccc2n1. The first-order chi connectivity index (χ1) is 17.5. The molecule has 0 bridgehead atoms. The fourth-order valence-corrected chi connectivity index (χ4v) is 7.18. The van der Waals surface area contributed by atoms with Crippen molar-refractivity contribution in [3.05, 3.63) is 39.9 Å². The van der Waals surface area contributed by atoms with Crippen LogP contribution in [0.3, 0.4) is 0 Å². The minimum absolute atomic E-state index is 0.0451. The topological polar surface area (TPSA) is 108 Å². The number of anilines is 1. The zero-order valence-corrected chi connectivity index (χ0v) is 24.0. The van der Waals surface area contributed by atoms with Gasteiger partial charge in [0.15, 0.2) is 0 Å². The Hall–Kier alpha value is -1.92. The third-order valence-corrected chi connectivity index (χ3v) is 10.8. The fraction of sp³-hybridized carbons (Fsp3) is 0.560. The molecule has 3 aromatic rings. The molecule has 1 spiro atoms. The highest BCUT2D eigenvalue weighted by Gasteiger charge is 2.48. The summed E-state index contributed by atoms with van der Waals surface area (Å²) in [6.07, 6.45) is 6.15. The minimum Gasteiger partial charge on any atom is -0.381 e. The first-order valence-corrected chi connectivity index (χ1v) is 14.8. The van der Waals surface area contributed by atoms with E-state index < -0.39 is 15.7 Å². The van der Waals surface area contributed by atoms with E-state index in [1.807, 2.05) is 39.2 Å². The number of nitrogens with zero attached hydrogens (tertiary/aromatic N) is 5. The highest BCUT2D eigenvalue weighted by Crippen LogP contribution is 2.47. The van der Waals surface area contributed by atoms with Crippen LogP contribution in [0.4, 0.5) is 5.95 Å². The van der Waals surface area contributed by atoms with Gasteiger partial charge in [0.25, 0.3) is 5.56 Å². The molecule has 2 saturated heterocycles. The lowest BCUT2D eigenvalue weighted by Gasteiger charge is -2.44. The smallest absolute Gasteiger partial charge is 0.268 e. The number of benzene rings is 1. The van der Waals surface area contributed by atoms with Crippen LogP contribution in [0.1, 0.15) is 33.1 Å². The van der Waals surface area contributed by atoms with Gasteiger partial charge in [0, 0.05) is 49.1 Å². The van der Waals surface area contributed by atoms with Gasteiger partial charge < -0.3 is 9.64 Å². The maximum absolute atomic E-state index is 13.3. The van der Waals surface area contributed by atoms with Crippen LogP contribution in [0.5, 0.6) is 0 Å². The number of ether oxygens (including phenoxy) is 1. The monoisotopic (exact) mass is 564 g/mol. The largest absolute Gasteiger partial charge is 0.381 e. The maximum Gasteiger partial charge on any atom is 0.268 e. The lowest BCUT2D eigenvalue weighted by Crippen LogP contribution is -2.47. The normalized spacial score (nSPS) is 20.7. The number of aryl methyl sites for hydroxylation is 1. The molecule has 2 aromatic heterocycles. The summed E-state index contributed by atoms with van der Waals surface area (Å²) in [4.78, 5) is 21.5. The molecule has 2 N–H and O–H groups in total. The van der Waals surface area contributed by atoms with E-state index in [9.17, 15) is 9.00 Å². The van der Waals surface area contributed by atoms with Crippen molar-refractivity contribution in [2.45, 2.75) is 47.6 Å². The maximum atomic E-state index is 13.3. The summed E-state index contributed by atoms with van der Waals surface area (Å²) >= 11 is 7.96. The Morgan fingerprint density at radius 2 is 2.00 bits per heavy atom. The van der Waals surface area contributed by atoms with Crippen LogP contribution in [-0.2, 0) is 29.8 Å². The van der Waals surface area contributed by atoms with Crippen molar-refractivity contribution in [1.29, 1.82) is 0 Å². The molecular weight excluding hydrogens is 532 g/mol. The Balaban J connectivity index is 1.32. The Morgan fingerprint density at radius 3 is 2.70 bits per heavy atom. The number of hydrogen-bond acceptors (Lipinski definition) is 7. The number of aromatic nitrogens is 4. The molecule has 12 heteroatoms. The highest BCUT2D eigenvalue weighted by atomic mass is 35.5. The van der Waals surface area contributed by atoms with Crippen LogP contribution in [0.2, 0.25) is 5.02 Å². The van der Waals surface area contributed by atoms with Crippen molar-refractivity contribution >= 4 is 51.2 Å². The van der Waals surface area contributed by atoms with E-state index in [-0.39, 0.29) is 11.0 Å². The Kier molecular flexibility index (Phi) is 7.21. The summed E-state index contributed by atoms with van der Waals surface area (Å²) < 4.78 is 20.9. The molecule has 2 aliphatic rings. The molecule has 0 saturated carbocycles. The summed E-state index contributed by atoms with van der Waals surface area (Å²) in [5.41, 5.74) is 0.756. The number of fused-ring (bicyclic) bond motifs is 1. The van der Waals surface area contributed by atoms with Crippen molar-refractivity contribution < 1.29 is 8.95 Å². The summed E-state index contributed by atoms with van der Waals surface area (Å²) in [6, 6.07) is 3.80. The van der Waals surface area contributed by atoms with Gasteiger partial charge >= 0.3 is 0 Å². The Morgan fingerprint density at radius 1 is 1.27 bits per heavy atom. The quantitative estimate of drug-likeness (QED) is 0.488. The second-order valence-corrected chi connectivity index (χ2v) is 14.0. The zero-order chi connectivity index (χ0) is 26.5. The van der Waals surface area contributed by atoms with Gasteiger partial charge in [-0.1, -0.05) is 23.4 Å². The molecule has 200 valence electrons. The Bertz CT molecular complexity index is 1410. The standard InChI is InChI=1S/C25H33ClN6O3S2/c1-24(2,37(27)34)11-16-14-35-15-25(16)7-9-32(10-8-25)23-28-12-20(22(33)31(23)4)36-19-6-5-18-17(21(19)26)13-30(3)29-18/h5-6,12-13,16H,7-11,14-15,27H2,1-4H3/t16-,37?/m1/s1. The van der Waals surface area contributed by atoms with Gasteiger partial charge in [0.1, 0.15) is 0 Å². The van der Waals surface area contributed by atoms with E-state index in [1.165, 1.54) is 11.8 Å². The third kappa shape index (κ3) is 4.96. The average molecular weight is 565 g/mol. The molecule has 9 nitrogen and oxygen atoms in total. The highest BCUT2D eigenvalue weighted by molar-refractivity contribution is 7.99. The van der Waals surface area contributed by atoms with Gasteiger partial charge in [-0.05, 0) is 51.2 Å². The van der Waals surface area contributed by atoms with Crippen LogP contribution in [0, 0.1) is 11.3 Å². The van der Waals surface area contributed by atoms with Gasteiger partial charge in [0.2, 0.25) is 5.95 Å². The summed E-state index contributed by atoms with van der Waals surface area (Å²) in [5.74, 6) is 0.978. The van der Waals surface area contributed by atoms with Crippen molar-refractivity contribution in [3.8, 4) is 0 Å². The molecule has 0 aliphatic carbocycles. The van der Waals surface area contributed by atoms with Gasteiger partial charge in [-0.15, -0.1) is 0 Å². The van der Waals surface area contributed by atoms with Crippen molar-refractivity contribution in [2.24, 2.45) is 30.6 Å². The Labute approximate surface area is 228 Å². The van der Waals surface area contributed by atoms with Gasteiger partial charge in [-0.3, -0.25) is 19.2 Å². The van der Waals surface area contributed by atoms with E-state index in [0.29, 0.717) is 35.0 Å². The molecule has 4 heterocycles. The van der Waals surface area contributed by atoms with Crippen LogP contribution in [0.15, 0.2) is 39.1 Å². The number of hydrogen-bond donors (Lipinski definition) is 1. The summed E-state index contributed by atoms with van der Waals surface area (Å²) in [5, 5.41) is 11.6. The van der Waals surface area contributed by atoms with Crippen LogP contribution in [-0.4, -0.2) is 54.6 Å². The van der Waals surface area contributed by atoms with Crippen LogP contribution >= 0.6 is 23.4 Å². The zero-order valence-electron chi connectivity index (χ0n) is 21.6. The lowest BCUT2D eigenvalue weighted by molar-refractivity contribution is 0.121. The van der Waals surface area contributed by atoms with Gasteiger partial charge in [-0.25, -0.2) is 9.19 Å². The minimum atomic E-state index is -1.39. The molecule has 0 amide bonds. The van der Waals surface area contributed by atoms with E-state index in [4.69, 9.17) is 26.5 Å². The molecule has 2 aliphatic heterocycles. The van der Waals surface area contributed by atoms with Gasteiger partial charge in [0.05, 0.1) is 50.6 Å². The average Bonchev–Trinajstić information content (AvgIpc) is 3.42. The molecule has 1 aromatic carbocycles. The molecule has 5 rings (SSSR count). The second kappa shape index (κ2) is 10.00. The molecule has 1 unspecified atom stereocenters. The number of piperidine rings is 1. The van der Waals surface area contributed by atoms with E-state index in [0.717, 1.165) is 48.2 Å². The number of rotatable bonds is 6. The molecule has 37 heavy (non-hydrogen) atoms. The van der Waals surface area contributed by atoms with E-state index in [2.05, 4.69) is 10.00 Å².